The van der Waals surface area contributed by atoms with Crippen molar-refractivity contribution in [3.05, 3.63) is 0 Å². The molecule has 2 radical (unpaired) electrons. The molecule has 1 fully saturated rings. The van der Waals surface area contributed by atoms with E-state index in [1.807, 2.05) is 0 Å². The highest BCUT2D eigenvalue weighted by atomic mass is 79.9. The van der Waals surface area contributed by atoms with E-state index in [9.17, 15) is 0 Å². The fourth-order valence-corrected chi connectivity index (χ4v) is 17.0. The van der Waals surface area contributed by atoms with Gasteiger partial charge in [-0.15, -0.1) is 0 Å². The van der Waals surface area contributed by atoms with E-state index in [2.05, 4.69) is 46.3 Å². The Morgan fingerprint density at radius 2 is 1.50 bits per heavy atom. The van der Waals surface area contributed by atoms with Gasteiger partial charge in [-0.2, -0.15) is 0 Å². The van der Waals surface area contributed by atoms with Crippen LogP contribution in [0.3, 0.4) is 0 Å². The summed E-state index contributed by atoms with van der Waals surface area (Å²) in [6.07, 6.45) is 1.33. The van der Waals surface area contributed by atoms with E-state index in [4.69, 9.17) is 0 Å². The number of hydrogen-bond donors (Lipinski definition) is 0. The van der Waals surface area contributed by atoms with Crippen molar-refractivity contribution in [1.29, 1.82) is 0 Å². The molecule has 0 spiro atoms. The fraction of sp³-hybridized carbons (Fsp3) is 1.00. The van der Waals surface area contributed by atoms with Crippen molar-refractivity contribution in [2.24, 2.45) is 0 Å². The largest absolute Gasteiger partial charge is 0.345 e. The van der Waals surface area contributed by atoms with E-state index in [0.717, 1.165) is 0 Å². The molecule has 0 aliphatic carbocycles. The van der Waals surface area contributed by atoms with Gasteiger partial charge in [0.2, 0.25) is 0 Å². The maximum atomic E-state index is 3.54. The van der Waals surface area contributed by atoms with Crippen LogP contribution < -0.4 is 0 Å². The summed E-state index contributed by atoms with van der Waals surface area (Å²) in [6.45, 7) is 11.5. The molecule has 5 heteroatoms. The summed E-state index contributed by atoms with van der Waals surface area (Å²) in [5, 5.41) is 1.17. The maximum absolute atomic E-state index is 3.54. The van der Waals surface area contributed by atoms with Crippen LogP contribution in [0.25, 0.3) is 0 Å². The van der Waals surface area contributed by atoms with Gasteiger partial charge in [0, 0.05) is 28.4 Å². The zero-order valence-corrected chi connectivity index (χ0v) is 15.1. The minimum atomic E-state index is -0.968. The van der Waals surface area contributed by atoms with E-state index >= 15 is 0 Å². The summed E-state index contributed by atoms with van der Waals surface area (Å²) < 4.78 is 2.95. The van der Waals surface area contributed by atoms with Crippen molar-refractivity contribution >= 4 is 55.5 Å². The summed E-state index contributed by atoms with van der Waals surface area (Å²) in [6, 6.07) is 3.07. The molecule has 14 heavy (non-hydrogen) atoms. The molecular weight excluding hydrogens is 282 g/mol. The standard InChI is InChI=1S/C9H22BrNSi2.Mg/c1-12(2)8-9-13(3,4)11(12)7-5-6-10;/h5-9H2,1-4H3;. The number of alkyl halides is 1. The second-order valence-corrected chi connectivity index (χ2v) is 15.9. The zero-order valence-electron chi connectivity index (χ0n) is 10.1. The molecule has 0 amide bonds. The van der Waals surface area contributed by atoms with Crippen LogP contribution in [-0.2, 0) is 0 Å². The average Bonchev–Trinajstić information content (AvgIpc) is 2.20. The Balaban J connectivity index is 0.00000169. The van der Waals surface area contributed by atoms with Crippen LogP contribution in [0.1, 0.15) is 6.42 Å². The van der Waals surface area contributed by atoms with Gasteiger partial charge >= 0.3 is 0 Å². The minimum Gasteiger partial charge on any atom is -0.345 e. The van der Waals surface area contributed by atoms with Crippen LogP contribution >= 0.6 is 15.9 Å². The first-order chi connectivity index (χ1) is 5.90. The first-order valence-corrected chi connectivity index (χ1v) is 12.7. The highest BCUT2D eigenvalue weighted by molar-refractivity contribution is 9.09. The van der Waals surface area contributed by atoms with Crippen molar-refractivity contribution in [2.75, 3.05) is 11.9 Å². The molecule has 0 saturated carbocycles. The molecule has 0 unspecified atom stereocenters. The molecule has 0 N–H and O–H groups in total. The van der Waals surface area contributed by atoms with Crippen LogP contribution in [-0.4, -0.2) is 55.6 Å². The summed E-state index contributed by atoms with van der Waals surface area (Å²) in [4.78, 5) is 0. The molecule has 1 heterocycles. The molecule has 0 aromatic heterocycles. The van der Waals surface area contributed by atoms with Crippen molar-refractivity contribution in [1.82, 2.24) is 4.23 Å². The minimum absolute atomic E-state index is 0. The van der Waals surface area contributed by atoms with Gasteiger partial charge in [-0.05, 0) is 25.1 Å². The van der Waals surface area contributed by atoms with Gasteiger partial charge in [0.1, 0.15) is 16.5 Å². The lowest BCUT2D eigenvalue weighted by Gasteiger charge is -2.38. The van der Waals surface area contributed by atoms with Gasteiger partial charge in [-0.3, -0.25) is 0 Å². The van der Waals surface area contributed by atoms with Crippen LogP contribution in [0.15, 0.2) is 0 Å². The molecule has 1 rings (SSSR count). The molecule has 1 nitrogen and oxygen atoms in total. The normalized spacial score (nSPS) is 24.6. The molecular formula is C9H22BrMgNSi2. The van der Waals surface area contributed by atoms with Gasteiger partial charge in [-0.1, -0.05) is 42.1 Å². The van der Waals surface area contributed by atoms with E-state index < -0.39 is 16.5 Å². The molecule has 0 bridgehead atoms. The van der Waals surface area contributed by atoms with Gasteiger partial charge in [0.05, 0.1) is 0 Å². The predicted octanol–water partition coefficient (Wildman–Crippen LogP) is 3.12. The number of hydrogen-bond acceptors (Lipinski definition) is 1. The molecule has 0 aromatic carbocycles. The Hall–Kier alpha value is 1.64. The quantitative estimate of drug-likeness (QED) is 0.572. The Bertz CT molecular complexity index is 172. The summed E-state index contributed by atoms with van der Waals surface area (Å²) in [5.74, 6) is 0. The van der Waals surface area contributed by atoms with E-state index in [0.29, 0.717) is 0 Å². The van der Waals surface area contributed by atoms with Gasteiger partial charge in [0.25, 0.3) is 0 Å². The van der Waals surface area contributed by atoms with Crippen molar-refractivity contribution in [2.45, 2.75) is 44.7 Å². The van der Waals surface area contributed by atoms with E-state index in [1.165, 1.54) is 30.4 Å². The van der Waals surface area contributed by atoms with Gasteiger partial charge < -0.3 is 4.23 Å². The lowest BCUT2D eigenvalue weighted by molar-refractivity contribution is 0.616. The Kier molecular flexibility index (Phi) is 6.50. The topological polar surface area (TPSA) is 3.24 Å². The van der Waals surface area contributed by atoms with Gasteiger partial charge in [-0.25, -0.2) is 0 Å². The number of rotatable bonds is 3. The lowest BCUT2D eigenvalue weighted by atomic mass is 10.5. The number of nitrogens with zero attached hydrogens (tertiary/aromatic N) is 1. The Morgan fingerprint density at radius 3 is 1.86 bits per heavy atom. The molecule has 1 aliphatic heterocycles. The SMILES string of the molecule is C[Si]1(C)CC[Si](C)(C)N1CCCBr.[Mg]. The first-order valence-electron chi connectivity index (χ1n) is 5.24. The monoisotopic (exact) mass is 303 g/mol. The maximum Gasteiger partial charge on any atom is 0.115 e. The van der Waals surface area contributed by atoms with Crippen LogP contribution in [0.4, 0.5) is 0 Å². The molecule has 1 saturated heterocycles. The van der Waals surface area contributed by atoms with Crippen molar-refractivity contribution in [3.63, 3.8) is 0 Å². The molecule has 0 atom stereocenters. The molecule has 80 valence electrons. The highest BCUT2D eigenvalue weighted by Crippen LogP contribution is 2.36. The number of halogens is 1. The third-order valence-corrected chi connectivity index (χ3v) is 14.3. The zero-order chi connectivity index (χ0) is 10.1. The Morgan fingerprint density at radius 1 is 1.07 bits per heavy atom. The van der Waals surface area contributed by atoms with Crippen LogP contribution in [0.2, 0.25) is 38.3 Å². The van der Waals surface area contributed by atoms with Crippen molar-refractivity contribution < 1.29 is 0 Å². The lowest BCUT2D eigenvalue weighted by Crippen LogP contribution is -2.55. The average molecular weight is 305 g/mol. The molecule has 1 aliphatic rings. The van der Waals surface area contributed by atoms with Crippen LogP contribution in [0.5, 0.6) is 0 Å². The summed E-state index contributed by atoms with van der Waals surface area (Å²) in [7, 11) is -1.94. The Labute approximate surface area is 115 Å². The summed E-state index contributed by atoms with van der Waals surface area (Å²) >= 11 is 3.54. The van der Waals surface area contributed by atoms with E-state index in [1.54, 1.807) is 0 Å². The van der Waals surface area contributed by atoms with E-state index in [-0.39, 0.29) is 23.1 Å². The molecule has 0 aromatic rings. The van der Waals surface area contributed by atoms with Crippen LogP contribution in [0, 0.1) is 0 Å². The predicted molar refractivity (Wildman–Crippen MR) is 75.4 cm³/mol. The third kappa shape index (κ3) is 3.59. The smallest absolute Gasteiger partial charge is 0.115 e. The summed E-state index contributed by atoms with van der Waals surface area (Å²) in [5.41, 5.74) is 0. The fourth-order valence-electron chi connectivity index (χ4n) is 2.52. The van der Waals surface area contributed by atoms with Crippen molar-refractivity contribution in [3.8, 4) is 0 Å². The third-order valence-electron chi connectivity index (χ3n) is 3.33. The second-order valence-electron chi connectivity index (χ2n) is 5.32. The first kappa shape index (κ1) is 15.6. The van der Waals surface area contributed by atoms with Gasteiger partial charge in [0.15, 0.2) is 0 Å². The highest BCUT2D eigenvalue weighted by Gasteiger charge is 2.46. The second kappa shape index (κ2) is 5.82.